The number of rotatable bonds is 10. The zero-order valence-electron chi connectivity index (χ0n) is 11.9. The Morgan fingerprint density at radius 1 is 1.26 bits per heavy atom. The minimum atomic E-state index is -0.949. The number of nitrogens with zero attached hydrogens (tertiary/aromatic N) is 1. The van der Waals surface area contributed by atoms with E-state index in [-0.39, 0.29) is 19.0 Å². The number of carboxylic acids is 1. The highest BCUT2D eigenvalue weighted by Gasteiger charge is 2.13. The van der Waals surface area contributed by atoms with Crippen LogP contribution in [-0.4, -0.2) is 67.9 Å². The van der Waals surface area contributed by atoms with Crippen molar-refractivity contribution in [2.45, 2.75) is 26.4 Å². The Morgan fingerprint density at radius 3 is 2.37 bits per heavy atom. The second kappa shape index (κ2) is 10.6. The molecule has 0 bridgehead atoms. The summed E-state index contributed by atoms with van der Waals surface area (Å²) in [6, 6.07) is -0.306. The van der Waals surface area contributed by atoms with Crippen LogP contribution in [-0.2, 0) is 9.53 Å². The van der Waals surface area contributed by atoms with E-state index in [0.717, 1.165) is 19.6 Å². The molecule has 1 atom stereocenters. The first-order valence-corrected chi connectivity index (χ1v) is 6.52. The minimum absolute atomic E-state index is 0.129. The molecule has 0 aliphatic carbocycles. The standard InChI is InChI=1S/C12H25N3O4/c1-4-15(5-2)7-6-13-12(18)14-9-10(19-3)8-11(16)17/h10H,4-9H2,1-3H3,(H,16,17)(H2,13,14,18). The fourth-order valence-corrected chi connectivity index (χ4v) is 1.57. The van der Waals surface area contributed by atoms with Crippen molar-refractivity contribution in [3.63, 3.8) is 0 Å². The van der Waals surface area contributed by atoms with Crippen molar-refractivity contribution < 1.29 is 19.4 Å². The topological polar surface area (TPSA) is 90.9 Å². The molecule has 0 aromatic carbocycles. The molecule has 7 nitrogen and oxygen atoms in total. The molecule has 0 radical (unpaired) electrons. The van der Waals surface area contributed by atoms with Crippen molar-refractivity contribution in [2.75, 3.05) is 39.8 Å². The van der Waals surface area contributed by atoms with Crippen LogP contribution in [0.2, 0.25) is 0 Å². The Bertz CT molecular complexity index is 270. The zero-order chi connectivity index (χ0) is 14.7. The first-order chi connectivity index (χ1) is 9.03. The average molecular weight is 275 g/mol. The van der Waals surface area contributed by atoms with Crippen molar-refractivity contribution in [3.05, 3.63) is 0 Å². The number of aliphatic carboxylic acids is 1. The van der Waals surface area contributed by atoms with Gasteiger partial charge in [0, 0.05) is 26.7 Å². The van der Waals surface area contributed by atoms with E-state index in [1.807, 2.05) is 0 Å². The molecule has 0 aromatic rings. The molecule has 1 unspecified atom stereocenters. The molecule has 19 heavy (non-hydrogen) atoms. The molecular weight excluding hydrogens is 250 g/mol. The summed E-state index contributed by atoms with van der Waals surface area (Å²) < 4.78 is 4.96. The Balaban J connectivity index is 3.76. The van der Waals surface area contributed by atoms with E-state index >= 15 is 0 Å². The molecule has 2 amide bonds. The SMILES string of the molecule is CCN(CC)CCNC(=O)NCC(CC(=O)O)OC. The predicted octanol–water partition coefficient (Wildman–Crippen LogP) is 0.117. The van der Waals surface area contributed by atoms with Crippen molar-refractivity contribution in [3.8, 4) is 0 Å². The third-order valence-corrected chi connectivity index (χ3v) is 2.83. The number of nitrogens with one attached hydrogen (secondary N) is 2. The molecule has 0 saturated heterocycles. The van der Waals surface area contributed by atoms with E-state index in [4.69, 9.17) is 9.84 Å². The van der Waals surface area contributed by atoms with Crippen molar-refractivity contribution in [2.24, 2.45) is 0 Å². The molecule has 0 heterocycles. The highest BCUT2D eigenvalue weighted by atomic mass is 16.5. The molecule has 7 heteroatoms. The van der Waals surface area contributed by atoms with Crippen LogP contribution in [0, 0.1) is 0 Å². The number of ether oxygens (including phenoxy) is 1. The number of urea groups is 1. The van der Waals surface area contributed by atoms with Crippen molar-refractivity contribution in [1.29, 1.82) is 0 Å². The lowest BCUT2D eigenvalue weighted by Gasteiger charge is -2.18. The van der Waals surface area contributed by atoms with Crippen molar-refractivity contribution >= 4 is 12.0 Å². The number of methoxy groups -OCH3 is 1. The van der Waals surface area contributed by atoms with Crippen LogP contribution in [0.1, 0.15) is 20.3 Å². The van der Waals surface area contributed by atoms with E-state index in [2.05, 4.69) is 29.4 Å². The van der Waals surface area contributed by atoms with Gasteiger partial charge >= 0.3 is 12.0 Å². The summed E-state index contributed by atoms with van der Waals surface area (Å²) in [4.78, 5) is 24.2. The lowest BCUT2D eigenvalue weighted by Crippen LogP contribution is -2.43. The first kappa shape index (κ1) is 17.7. The maximum absolute atomic E-state index is 11.5. The van der Waals surface area contributed by atoms with Gasteiger partial charge in [-0.15, -0.1) is 0 Å². The van der Waals surface area contributed by atoms with Crippen LogP contribution in [0.3, 0.4) is 0 Å². The van der Waals surface area contributed by atoms with Gasteiger partial charge < -0.3 is 25.4 Å². The third kappa shape index (κ3) is 9.26. The number of likely N-dealkylation sites (N-methyl/N-ethyl adjacent to an activating group) is 1. The summed E-state index contributed by atoms with van der Waals surface area (Å²) >= 11 is 0. The molecule has 112 valence electrons. The van der Waals surface area contributed by atoms with E-state index in [9.17, 15) is 9.59 Å². The Labute approximate surface area is 114 Å². The highest BCUT2D eigenvalue weighted by molar-refractivity contribution is 5.74. The monoisotopic (exact) mass is 275 g/mol. The predicted molar refractivity (Wildman–Crippen MR) is 72.2 cm³/mol. The fourth-order valence-electron chi connectivity index (χ4n) is 1.57. The molecule has 0 spiro atoms. The van der Waals surface area contributed by atoms with Gasteiger partial charge in [0.25, 0.3) is 0 Å². The van der Waals surface area contributed by atoms with Gasteiger partial charge in [0.05, 0.1) is 12.5 Å². The largest absolute Gasteiger partial charge is 0.481 e. The third-order valence-electron chi connectivity index (χ3n) is 2.83. The van der Waals surface area contributed by atoms with Gasteiger partial charge in [-0.3, -0.25) is 4.79 Å². The average Bonchev–Trinajstić information content (AvgIpc) is 2.39. The smallest absolute Gasteiger partial charge is 0.314 e. The Hall–Kier alpha value is -1.34. The number of amides is 2. The summed E-state index contributed by atoms with van der Waals surface area (Å²) in [5.74, 6) is -0.949. The molecule has 0 saturated carbocycles. The van der Waals surface area contributed by atoms with E-state index in [0.29, 0.717) is 6.54 Å². The Morgan fingerprint density at radius 2 is 1.89 bits per heavy atom. The molecule has 0 aliphatic heterocycles. The first-order valence-electron chi connectivity index (χ1n) is 6.52. The molecule has 0 rings (SSSR count). The lowest BCUT2D eigenvalue weighted by atomic mass is 10.2. The second-order valence-electron chi connectivity index (χ2n) is 4.12. The fraction of sp³-hybridized carbons (Fsp3) is 0.833. The van der Waals surface area contributed by atoms with Crippen LogP contribution in [0.4, 0.5) is 4.79 Å². The van der Waals surface area contributed by atoms with Crippen LogP contribution < -0.4 is 10.6 Å². The zero-order valence-corrected chi connectivity index (χ0v) is 11.9. The maximum atomic E-state index is 11.5. The summed E-state index contributed by atoms with van der Waals surface area (Å²) in [6.45, 7) is 7.57. The normalized spacial score (nSPS) is 12.2. The van der Waals surface area contributed by atoms with E-state index in [1.165, 1.54) is 7.11 Å². The van der Waals surface area contributed by atoms with Crippen molar-refractivity contribution in [1.82, 2.24) is 15.5 Å². The van der Waals surface area contributed by atoms with Gasteiger partial charge in [0.2, 0.25) is 0 Å². The quantitative estimate of drug-likeness (QED) is 0.527. The second-order valence-corrected chi connectivity index (χ2v) is 4.12. The number of hydrogen-bond acceptors (Lipinski definition) is 4. The van der Waals surface area contributed by atoms with Crippen LogP contribution in [0.15, 0.2) is 0 Å². The molecular formula is C12H25N3O4. The maximum Gasteiger partial charge on any atom is 0.314 e. The lowest BCUT2D eigenvalue weighted by molar-refractivity contribution is -0.139. The summed E-state index contributed by atoms with van der Waals surface area (Å²) in [6.07, 6.45) is -0.637. The molecule has 3 N–H and O–H groups in total. The number of carboxylic acid groups (broad SMARTS) is 1. The van der Waals surface area contributed by atoms with Gasteiger partial charge in [-0.25, -0.2) is 4.79 Å². The highest BCUT2D eigenvalue weighted by Crippen LogP contribution is 1.95. The number of carbonyl (C=O) groups excluding carboxylic acids is 1. The van der Waals surface area contributed by atoms with Gasteiger partial charge in [-0.05, 0) is 13.1 Å². The summed E-state index contributed by atoms with van der Waals surface area (Å²) in [5.41, 5.74) is 0. The van der Waals surface area contributed by atoms with Gasteiger partial charge in [0.1, 0.15) is 0 Å². The van der Waals surface area contributed by atoms with Crippen LogP contribution in [0.25, 0.3) is 0 Å². The van der Waals surface area contributed by atoms with Crippen LogP contribution in [0.5, 0.6) is 0 Å². The van der Waals surface area contributed by atoms with Gasteiger partial charge in [-0.2, -0.15) is 0 Å². The summed E-state index contributed by atoms with van der Waals surface area (Å²) in [5, 5.41) is 13.9. The Kier molecular flexibility index (Phi) is 9.82. The van der Waals surface area contributed by atoms with E-state index < -0.39 is 12.1 Å². The number of hydrogen-bond donors (Lipinski definition) is 3. The molecule has 0 aliphatic rings. The minimum Gasteiger partial charge on any atom is -0.481 e. The summed E-state index contributed by atoms with van der Waals surface area (Å²) in [7, 11) is 1.42. The van der Waals surface area contributed by atoms with E-state index in [1.54, 1.807) is 0 Å². The van der Waals surface area contributed by atoms with Gasteiger partial charge in [-0.1, -0.05) is 13.8 Å². The molecule has 0 aromatic heterocycles. The van der Waals surface area contributed by atoms with Crippen LogP contribution >= 0.6 is 0 Å². The number of carbonyl (C=O) groups is 2. The van der Waals surface area contributed by atoms with Gasteiger partial charge in [0.15, 0.2) is 0 Å². The molecule has 0 fully saturated rings.